The summed E-state index contributed by atoms with van der Waals surface area (Å²) in [6.45, 7) is 1.87. The van der Waals surface area contributed by atoms with Gasteiger partial charge >= 0.3 is 0 Å². The van der Waals surface area contributed by atoms with E-state index in [1.807, 2.05) is 6.92 Å². The molecule has 0 radical (unpaired) electrons. The molecule has 68 valence electrons. The smallest absolute Gasteiger partial charge is 0.163 e. The molecule has 0 atom stereocenters. The second-order valence-corrected chi connectivity index (χ2v) is 3.76. The summed E-state index contributed by atoms with van der Waals surface area (Å²) in [5, 5.41) is 0.629. The van der Waals surface area contributed by atoms with Crippen LogP contribution in [-0.4, -0.2) is 5.78 Å². The number of hydrogen-bond donors (Lipinski definition) is 1. The minimum Gasteiger partial charge on any atom is -0.398 e. The maximum absolute atomic E-state index is 11.5. The number of anilines is 1. The van der Waals surface area contributed by atoms with Gasteiger partial charge in [0.1, 0.15) is 0 Å². The van der Waals surface area contributed by atoms with Crippen molar-refractivity contribution in [2.45, 2.75) is 19.8 Å². The number of Topliss-reactive ketones (excluding diaryl/α,β-unsaturated/α-hetero) is 1. The molecular formula is C10H10ClNO. The Kier molecular flexibility index (Phi) is 1.81. The topological polar surface area (TPSA) is 43.1 Å². The fourth-order valence-corrected chi connectivity index (χ4v) is 2.11. The Hall–Kier alpha value is -1.02. The molecule has 1 aromatic rings. The first-order valence-electron chi connectivity index (χ1n) is 4.22. The van der Waals surface area contributed by atoms with Gasteiger partial charge in [0.15, 0.2) is 5.78 Å². The molecule has 0 spiro atoms. The van der Waals surface area contributed by atoms with Crippen LogP contribution in [0.15, 0.2) is 6.07 Å². The number of carbonyl (C=O) groups excluding carboxylic acids is 1. The van der Waals surface area contributed by atoms with E-state index >= 15 is 0 Å². The van der Waals surface area contributed by atoms with Gasteiger partial charge in [0.05, 0.1) is 0 Å². The van der Waals surface area contributed by atoms with E-state index in [1.54, 1.807) is 6.07 Å². The van der Waals surface area contributed by atoms with Gasteiger partial charge in [0.25, 0.3) is 0 Å². The van der Waals surface area contributed by atoms with Gasteiger partial charge in [-0.3, -0.25) is 4.79 Å². The van der Waals surface area contributed by atoms with E-state index in [4.69, 9.17) is 17.3 Å². The summed E-state index contributed by atoms with van der Waals surface area (Å²) in [6.07, 6.45) is 1.33. The van der Waals surface area contributed by atoms with Crippen molar-refractivity contribution in [2.75, 3.05) is 5.73 Å². The van der Waals surface area contributed by atoms with Crippen molar-refractivity contribution in [3.05, 3.63) is 27.8 Å². The summed E-state index contributed by atoms with van der Waals surface area (Å²) in [7, 11) is 0. The molecule has 3 heteroatoms. The SMILES string of the molecule is Cc1c(N)cc(Cl)c2c1C(=O)CC2. The van der Waals surface area contributed by atoms with Gasteiger partial charge in [0, 0.05) is 22.7 Å². The second kappa shape index (κ2) is 2.74. The van der Waals surface area contributed by atoms with Crippen LogP contribution in [0.25, 0.3) is 0 Å². The third kappa shape index (κ3) is 1.13. The third-order valence-corrected chi connectivity index (χ3v) is 2.90. The maximum Gasteiger partial charge on any atom is 0.163 e. The molecule has 1 aliphatic rings. The molecule has 2 nitrogen and oxygen atoms in total. The average Bonchev–Trinajstić information content (AvgIpc) is 2.44. The fraction of sp³-hybridized carbons (Fsp3) is 0.300. The predicted molar refractivity (Wildman–Crippen MR) is 53.3 cm³/mol. The quantitative estimate of drug-likeness (QED) is 0.646. The first-order chi connectivity index (χ1) is 6.11. The van der Waals surface area contributed by atoms with E-state index < -0.39 is 0 Å². The molecule has 0 bridgehead atoms. The van der Waals surface area contributed by atoms with Gasteiger partial charge in [-0.15, -0.1) is 0 Å². The number of carbonyl (C=O) groups is 1. The largest absolute Gasteiger partial charge is 0.398 e. The van der Waals surface area contributed by atoms with Crippen LogP contribution in [0, 0.1) is 6.92 Å². The molecule has 0 saturated carbocycles. The number of halogens is 1. The highest BCUT2D eigenvalue weighted by Gasteiger charge is 2.24. The Morgan fingerprint density at radius 2 is 2.15 bits per heavy atom. The minimum absolute atomic E-state index is 0.168. The summed E-state index contributed by atoms with van der Waals surface area (Å²) in [4.78, 5) is 11.5. The van der Waals surface area contributed by atoms with Crippen LogP contribution in [0.2, 0.25) is 5.02 Å². The molecule has 2 N–H and O–H groups in total. The number of nitrogen functional groups attached to an aromatic ring is 1. The van der Waals surface area contributed by atoms with E-state index in [1.165, 1.54) is 0 Å². The Bertz CT molecular complexity index is 398. The summed E-state index contributed by atoms with van der Waals surface area (Å²) >= 11 is 5.98. The van der Waals surface area contributed by atoms with Crippen LogP contribution in [0.3, 0.4) is 0 Å². The number of benzene rings is 1. The van der Waals surface area contributed by atoms with E-state index in [9.17, 15) is 4.79 Å². The van der Waals surface area contributed by atoms with Gasteiger partial charge in [-0.1, -0.05) is 11.6 Å². The summed E-state index contributed by atoms with van der Waals surface area (Å²) in [6, 6.07) is 1.73. The minimum atomic E-state index is 0.168. The molecule has 13 heavy (non-hydrogen) atoms. The lowest BCUT2D eigenvalue weighted by molar-refractivity contribution is 0.0994. The molecule has 0 aromatic heterocycles. The normalized spacial score (nSPS) is 14.8. The zero-order valence-corrected chi connectivity index (χ0v) is 8.11. The molecule has 1 aliphatic carbocycles. The highest BCUT2D eigenvalue weighted by Crippen LogP contribution is 2.34. The second-order valence-electron chi connectivity index (χ2n) is 3.35. The van der Waals surface area contributed by atoms with Gasteiger partial charge < -0.3 is 5.73 Å². The number of rotatable bonds is 0. The lowest BCUT2D eigenvalue weighted by Gasteiger charge is -2.07. The van der Waals surface area contributed by atoms with Crippen LogP contribution in [-0.2, 0) is 6.42 Å². The van der Waals surface area contributed by atoms with Crippen LogP contribution in [0.4, 0.5) is 5.69 Å². The average molecular weight is 196 g/mol. The van der Waals surface area contributed by atoms with E-state index in [0.29, 0.717) is 17.1 Å². The lowest BCUT2D eigenvalue weighted by Crippen LogP contribution is -2.00. The van der Waals surface area contributed by atoms with Crippen molar-refractivity contribution in [1.29, 1.82) is 0 Å². The fourth-order valence-electron chi connectivity index (χ4n) is 1.81. The van der Waals surface area contributed by atoms with E-state index in [-0.39, 0.29) is 5.78 Å². The zero-order valence-electron chi connectivity index (χ0n) is 7.36. The van der Waals surface area contributed by atoms with Crippen LogP contribution < -0.4 is 5.73 Å². The zero-order chi connectivity index (χ0) is 9.59. The van der Waals surface area contributed by atoms with Crippen molar-refractivity contribution >= 4 is 23.1 Å². The number of fused-ring (bicyclic) bond motifs is 1. The van der Waals surface area contributed by atoms with Crippen molar-refractivity contribution < 1.29 is 4.79 Å². The molecule has 0 fully saturated rings. The van der Waals surface area contributed by atoms with Crippen LogP contribution in [0.1, 0.15) is 27.9 Å². The summed E-state index contributed by atoms with van der Waals surface area (Å²) < 4.78 is 0. The Balaban J connectivity index is 2.77. The maximum atomic E-state index is 11.5. The first kappa shape index (κ1) is 8.57. The van der Waals surface area contributed by atoms with E-state index in [0.717, 1.165) is 23.1 Å². The molecule has 0 heterocycles. The highest BCUT2D eigenvalue weighted by atomic mass is 35.5. The Morgan fingerprint density at radius 3 is 2.85 bits per heavy atom. The highest BCUT2D eigenvalue weighted by molar-refractivity contribution is 6.32. The molecule has 1 aromatic carbocycles. The molecule has 0 aliphatic heterocycles. The van der Waals surface area contributed by atoms with E-state index in [2.05, 4.69) is 0 Å². The van der Waals surface area contributed by atoms with Gasteiger partial charge in [0.2, 0.25) is 0 Å². The van der Waals surface area contributed by atoms with Crippen molar-refractivity contribution in [3.63, 3.8) is 0 Å². The number of hydrogen-bond acceptors (Lipinski definition) is 2. The number of ketones is 1. The van der Waals surface area contributed by atoms with Crippen LogP contribution >= 0.6 is 11.6 Å². The van der Waals surface area contributed by atoms with Crippen molar-refractivity contribution in [3.8, 4) is 0 Å². The molecule has 0 saturated heterocycles. The molecule has 2 rings (SSSR count). The first-order valence-corrected chi connectivity index (χ1v) is 4.59. The lowest BCUT2D eigenvalue weighted by atomic mass is 10.0. The van der Waals surface area contributed by atoms with Crippen molar-refractivity contribution in [2.24, 2.45) is 0 Å². The third-order valence-electron chi connectivity index (χ3n) is 2.56. The van der Waals surface area contributed by atoms with Crippen LogP contribution in [0.5, 0.6) is 0 Å². The van der Waals surface area contributed by atoms with Crippen molar-refractivity contribution in [1.82, 2.24) is 0 Å². The summed E-state index contributed by atoms with van der Waals surface area (Å²) in [5.74, 6) is 0.168. The molecule has 0 amide bonds. The number of nitrogens with two attached hydrogens (primary N) is 1. The van der Waals surface area contributed by atoms with Gasteiger partial charge in [-0.05, 0) is 30.5 Å². The monoisotopic (exact) mass is 195 g/mol. The Morgan fingerprint density at radius 1 is 1.46 bits per heavy atom. The molecule has 0 unspecified atom stereocenters. The summed E-state index contributed by atoms with van der Waals surface area (Å²) in [5.41, 5.74) is 8.93. The predicted octanol–water partition coefficient (Wildman–Crippen LogP) is 2.36. The molecular weight excluding hydrogens is 186 g/mol. The Labute approximate surface area is 81.7 Å². The van der Waals surface area contributed by atoms with Gasteiger partial charge in [-0.25, -0.2) is 0 Å². The van der Waals surface area contributed by atoms with Gasteiger partial charge in [-0.2, -0.15) is 0 Å². The standard InChI is InChI=1S/C10H10ClNO/c1-5-8(12)4-7(11)6-2-3-9(13)10(5)6/h4H,2-3,12H2,1H3.